The lowest BCUT2D eigenvalue weighted by Gasteiger charge is -2.29. The van der Waals surface area contributed by atoms with E-state index >= 15 is 0 Å². The Kier molecular flexibility index (Phi) is 3.19. The van der Waals surface area contributed by atoms with E-state index in [1.807, 2.05) is 18.5 Å². The van der Waals surface area contributed by atoms with E-state index in [-0.39, 0.29) is 0 Å². The molecule has 1 saturated heterocycles. The largest absolute Gasteiger partial charge is 0.359 e. The fourth-order valence-electron chi connectivity index (χ4n) is 2.75. The summed E-state index contributed by atoms with van der Waals surface area (Å²) in [7, 11) is 2.16. The summed E-state index contributed by atoms with van der Waals surface area (Å²) >= 11 is 0. The lowest BCUT2D eigenvalue weighted by Crippen LogP contribution is -2.42. The molecule has 0 saturated carbocycles. The van der Waals surface area contributed by atoms with E-state index in [0.717, 1.165) is 18.7 Å². The zero-order valence-electron chi connectivity index (χ0n) is 10.8. The lowest BCUT2D eigenvalue weighted by molar-refractivity contribution is 0.402. The van der Waals surface area contributed by atoms with Crippen molar-refractivity contribution in [2.24, 2.45) is 0 Å². The van der Waals surface area contributed by atoms with E-state index in [1.54, 1.807) is 0 Å². The minimum absolute atomic E-state index is 0.613. The number of piperidine rings is 1. The maximum atomic E-state index is 4.33. The van der Waals surface area contributed by atoms with E-state index in [4.69, 9.17) is 0 Å². The summed E-state index contributed by atoms with van der Waals surface area (Å²) in [6.45, 7) is 2.21. The van der Waals surface area contributed by atoms with Crippen LogP contribution in [0.5, 0.6) is 0 Å². The van der Waals surface area contributed by atoms with E-state index in [2.05, 4.69) is 38.8 Å². The number of nitrogens with zero attached hydrogens (tertiary/aromatic N) is 3. The van der Waals surface area contributed by atoms with Crippen molar-refractivity contribution in [1.82, 2.24) is 14.7 Å². The second-order valence-electron chi connectivity index (χ2n) is 5.07. The SMILES string of the molecule is CN(CC1CCCCN1)c1cccc2nccn12. The minimum Gasteiger partial charge on any atom is -0.359 e. The van der Waals surface area contributed by atoms with Crippen LogP contribution in [0.1, 0.15) is 19.3 Å². The fraction of sp³-hybridized carbons (Fsp3) is 0.500. The van der Waals surface area contributed by atoms with Crippen LogP contribution in [0.2, 0.25) is 0 Å². The summed E-state index contributed by atoms with van der Waals surface area (Å²) in [5.74, 6) is 1.21. The van der Waals surface area contributed by atoms with E-state index in [0.29, 0.717) is 6.04 Å². The molecule has 4 heteroatoms. The molecule has 3 rings (SSSR count). The van der Waals surface area contributed by atoms with Gasteiger partial charge in [-0.3, -0.25) is 4.40 Å². The van der Waals surface area contributed by atoms with Crippen molar-refractivity contribution in [3.05, 3.63) is 30.6 Å². The number of hydrogen-bond donors (Lipinski definition) is 1. The highest BCUT2D eigenvalue weighted by Crippen LogP contribution is 2.17. The Hall–Kier alpha value is -1.55. The molecule has 96 valence electrons. The molecule has 1 aliphatic rings. The van der Waals surface area contributed by atoms with Crippen LogP contribution in [0.4, 0.5) is 5.82 Å². The van der Waals surface area contributed by atoms with Gasteiger partial charge in [0.15, 0.2) is 0 Å². The zero-order valence-corrected chi connectivity index (χ0v) is 10.8. The van der Waals surface area contributed by atoms with Crippen molar-refractivity contribution in [3.63, 3.8) is 0 Å². The number of rotatable bonds is 3. The average molecular weight is 244 g/mol. The van der Waals surface area contributed by atoms with Gasteiger partial charge < -0.3 is 10.2 Å². The van der Waals surface area contributed by atoms with Gasteiger partial charge in [0.1, 0.15) is 11.5 Å². The van der Waals surface area contributed by atoms with Crippen LogP contribution in [-0.4, -0.2) is 35.6 Å². The summed E-state index contributed by atoms with van der Waals surface area (Å²) in [5, 5.41) is 3.60. The van der Waals surface area contributed by atoms with Crippen molar-refractivity contribution < 1.29 is 0 Å². The van der Waals surface area contributed by atoms with Crippen LogP contribution in [-0.2, 0) is 0 Å². The average Bonchev–Trinajstić information content (AvgIpc) is 2.87. The zero-order chi connectivity index (χ0) is 12.4. The third-order valence-electron chi connectivity index (χ3n) is 3.70. The van der Waals surface area contributed by atoms with Gasteiger partial charge in [0.2, 0.25) is 0 Å². The first-order valence-electron chi connectivity index (χ1n) is 6.71. The minimum atomic E-state index is 0.613. The van der Waals surface area contributed by atoms with Gasteiger partial charge in [0, 0.05) is 32.0 Å². The first-order chi connectivity index (χ1) is 8.84. The lowest BCUT2D eigenvalue weighted by atomic mass is 10.0. The van der Waals surface area contributed by atoms with Crippen LogP contribution in [0.3, 0.4) is 0 Å². The number of fused-ring (bicyclic) bond motifs is 1. The van der Waals surface area contributed by atoms with Crippen LogP contribution >= 0.6 is 0 Å². The van der Waals surface area contributed by atoms with Crippen molar-refractivity contribution in [2.75, 3.05) is 25.0 Å². The number of hydrogen-bond acceptors (Lipinski definition) is 3. The molecule has 18 heavy (non-hydrogen) atoms. The predicted octanol–water partition coefficient (Wildman–Crippen LogP) is 1.91. The number of aromatic nitrogens is 2. The Bertz CT molecular complexity index is 513. The first-order valence-corrected chi connectivity index (χ1v) is 6.71. The van der Waals surface area contributed by atoms with Gasteiger partial charge in [-0.2, -0.15) is 0 Å². The molecule has 1 atom stereocenters. The van der Waals surface area contributed by atoms with Gasteiger partial charge in [0.25, 0.3) is 0 Å². The summed E-state index contributed by atoms with van der Waals surface area (Å²) in [4.78, 5) is 6.65. The molecule has 0 amide bonds. The van der Waals surface area contributed by atoms with Gasteiger partial charge in [-0.05, 0) is 31.5 Å². The quantitative estimate of drug-likeness (QED) is 0.895. The number of pyridine rings is 1. The maximum Gasteiger partial charge on any atom is 0.138 e. The van der Waals surface area contributed by atoms with Crippen LogP contribution in [0.25, 0.3) is 5.65 Å². The molecular weight excluding hydrogens is 224 g/mol. The Morgan fingerprint density at radius 3 is 3.22 bits per heavy atom. The molecule has 1 N–H and O–H groups in total. The van der Waals surface area contributed by atoms with E-state index in [1.165, 1.54) is 25.1 Å². The molecule has 0 aromatic carbocycles. The van der Waals surface area contributed by atoms with Gasteiger partial charge in [-0.15, -0.1) is 0 Å². The van der Waals surface area contributed by atoms with Gasteiger partial charge in [0.05, 0.1) is 0 Å². The van der Waals surface area contributed by atoms with E-state index in [9.17, 15) is 0 Å². The molecule has 1 aliphatic heterocycles. The Balaban J connectivity index is 1.78. The van der Waals surface area contributed by atoms with Crippen molar-refractivity contribution >= 4 is 11.5 Å². The summed E-state index contributed by atoms with van der Waals surface area (Å²) in [5.41, 5.74) is 1.01. The predicted molar refractivity (Wildman–Crippen MR) is 74.1 cm³/mol. The normalized spacial score (nSPS) is 20.2. The molecule has 2 aromatic heterocycles. The molecule has 0 spiro atoms. The standard InChI is InChI=1S/C14H20N4/c1-17(11-12-5-2-3-8-15-12)14-7-4-6-13-16-9-10-18(13)14/h4,6-7,9-10,12,15H,2-3,5,8,11H2,1H3. The summed E-state index contributed by atoms with van der Waals surface area (Å²) in [6, 6.07) is 6.87. The molecule has 1 fully saturated rings. The second kappa shape index (κ2) is 4.98. The highest BCUT2D eigenvalue weighted by atomic mass is 15.2. The first kappa shape index (κ1) is 11.5. The van der Waals surface area contributed by atoms with Gasteiger partial charge >= 0.3 is 0 Å². The van der Waals surface area contributed by atoms with Crippen LogP contribution < -0.4 is 10.2 Å². The molecule has 0 bridgehead atoms. The van der Waals surface area contributed by atoms with Crippen LogP contribution in [0.15, 0.2) is 30.6 Å². The second-order valence-corrected chi connectivity index (χ2v) is 5.07. The molecular formula is C14H20N4. The fourth-order valence-corrected chi connectivity index (χ4v) is 2.75. The molecule has 3 heterocycles. The Morgan fingerprint density at radius 1 is 1.44 bits per heavy atom. The molecule has 0 aliphatic carbocycles. The highest BCUT2D eigenvalue weighted by Gasteiger charge is 2.15. The molecule has 1 unspecified atom stereocenters. The number of imidazole rings is 1. The monoisotopic (exact) mass is 244 g/mol. The van der Waals surface area contributed by atoms with Crippen molar-refractivity contribution in [1.29, 1.82) is 0 Å². The third-order valence-corrected chi connectivity index (χ3v) is 3.70. The summed E-state index contributed by atoms with van der Waals surface area (Å²) in [6.07, 6.45) is 7.82. The molecule has 4 nitrogen and oxygen atoms in total. The van der Waals surface area contributed by atoms with E-state index < -0.39 is 0 Å². The van der Waals surface area contributed by atoms with Gasteiger partial charge in [-0.1, -0.05) is 12.5 Å². The Labute approximate surface area is 108 Å². The number of anilines is 1. The Morgan fingerprint density at radius 2 is 2.39 bits per heavy atom. The van der Waals surface area contributed by atoms with Crippen molar-refractivity contribution in [2.45, 2.75) is 25.3 Å². The third kappa shape index (κ3) is 2.20. The van der Waals surface area contributed by atoms with Crippen LogP contribution in [0, 0.1) is 0 Å². The van der Waals surface area contributed by atoms with Crippen molar-refractivity contribution in [3.8, 4) is 0 Å². The maximum absolute atomic E-state index is 4.33. The smallest absolute Gasteiger partial charge is 0.138 e. The number of likely N-dealkylation sites (N-methyl/N-ethyl adjacent to an activating group) is 1. The number of nitrogens with one attached hydrogen (secondary N) is 1. The molecule has 2 aromatic rings. The topological polar surface area (TPSA) is 32.6 Å². The summed E-state index contributed by atoms with van der Waals surface area (Å²) < 4.78 is 2.14. The van der Waals surface area contributed by atoms with Gasteiger partial charge in [-0.25, -0.2) is 4.98 Å². The highest BCUT2D eigenvalue weighted by molar-refractivity contribution is 5.51. The molecule has 0 radical (unpaired) electrons.